The number of rotatable bonds is 6. The van der Waals surface area contributed by atoms with Crippen molar-refractivity contribution >= 4 is 22.8 Å². The highest BCUT2D eigenvalue weighted by Crippen LogP contribution is 2.41. The van der Waals surface area contributed by atoms with Crippen LogP contribution < -0.4 is 4.90 Å². The van der Waals surface area contributed by atoms with E-state index in [4.69, 9.17) is 0 Å². The molecule has 158 valence electrons. The number of hydrogen-bond donors (Lipinski definition) is 1. The number of anilines is 1. The first-order valence-corrected chi connectivity index (χ1v) is 10.9. The second kappa shape index (κ2) is 8.86. The van der Waals surface area contributed by atoms with Gasteiger partial charge in [-0.25, -0.2) is 4.58 Å². The quantitative estimate of drug-likeness (QED) is 0.535. The minimum atomic E-state index is -0.0788. The Morgan fingerprint density at radius 3 is 2.13 bits per heavy atom. The number of aliphatic hydroxyl groups excluding tert-OH is 1. The van der Waals surface area contributed by atoms with E-state index in [1.807, 2.05) is 38.1 Å². The van der Waals surface area contributed by atoms with Gasteiger partial charge in [-0.3, -0.25) is 4.79 Å². The van der Waals surface area contributed by atoms with Gasteiger partial charge in [-0.05, 0) is 82.0 Å². The van der Waals surface area contributed by atoms with E-state index in [0.29, 0.717) is 11.1 Å². The third-order valence-corrected chi connectivity index (χ3v) is 6.14. The van der Waals surface area contributed by atoms with Crippen molar-refractivity contribution in [1.82, 2.24) is 0 Å². The van der Waals surface area contributed by atoms with E-state index < -0.39 is 0 Å². The van der Waals surface area contributed by atoms with E-state index in [0.717, 1.165) is 59.9 Å². The molecular formula is C26H33N2O2+. The number of Topliss-reactive ketones (excluding diaryl/α,β-unsaturated/α-hetero) is 1. The van der Waals surface area contributed by atoms with Crippen LogP contribution in [0.4, 0.5) is 5.69 Å². The second-order valence-corrected chi connectivity index (χ2v) is 7.77. The highest BCUT2D eigenvalue weighted by molar-refractivity contribution is 6.39. The summed E-state index contributed by atoms with van der Waals surface area (Å²) in [5, 5.41) is 10.8. The van der Waals surface area contributed by atoms with Gasteiger partial charge in [-0.15, -0.1) is 0 Å². The highest BCUT2D eigenvalue weighted by atomic mass is 16.3. The first-order chi connectivity index (χ1) is 14.4. The zero-order valence-electron chi connectivity index (χ0n) is 19.0. The number of ketones is 1. The molecule has 1 aromatic carbocycles. The highest BCUT2D eigenvalue weighted by Gasteiger charge is 2.38. The molecule has 1 N–H and O–H groups in total. The van der Waals surface area contributed by atoms with Crippen LogP contribution in [-0.2, 0) is 4.79 Å². The Morgan fingerprint density at radius 1 is 0.967 bits per heavy atom. The molecule has 0 aliphatic heterocycles. The van der Waals surface area contributed by atoms with Crippen LogP contribution in [-0.4, -0.2) is 47.4 Å². The van der Waals surface area contributed by atoms with Crippen LogP contribution in [0.3, 0.4) is 0 Å². The van der Waals surface area contributed by atoms with Crippen molar-refractivity contribution in [2.75, 3.05) is 31.1 Å². The summed E-state index contributed by atoms with van der Waals surface area (Å²) >= 11 is 0. The van der Waals surface area contributed by atoms with Crippen molar-refractivity contribution in [2.45, 2.75) is 41.5 Å². The van der Waals surface area contributed by atoms with Gasteiger partial charge in [0, 0.05) is 30.9 Å². The van der Waals surface area contributed by atoms with E-state index in [-0.39, 0.29) is 11.5 Å². The predicted molar refractivity (Wildman–Crippen MR) is 126 cm³/mol. The lowest BCUT2D eigenvalue weighted by Crippen LogP contribution is -2.25. The van der Waals surface area contributed by atoms with Gasteiger partial charge in [0.15, 0.2) is 5.71 Å². The maximum Gasteiger partial charge on any atom is 0.201 e. The molecule has 30 heavy (non-hydrogen) atoms. The molecule has 0 bridgehead atoms. The number of hydrogen-bond acceptors (Lipinski definition) is 3. The van der Waals surface area contributed by atoms with Crippen molar-refractivity contribution in [3.05, 3.63) is 70.0 Å². The van der Waals surface area contributed by atoms with E-state index in [1.165, 1.54) is 0 Å². The van der Waals surface area contributed by atoms with Gasteiger partial charge in [-0.1, -0.05) is 6.07 Å². The first-order valence-electron chi connectivity index (χ1n) is 10.9. The van der Waals surface area contributed by atoms with Gasteiger partial charge in [0.05, 0.1) is 11.1 Å². The molecule has 2 aliphatic rings. The van der Waals surface area contributed by atoms with Gasteiger partial charge < -0.3 is 10.0 Å². The fourth-order valence-corrected chi connectivity index (χ4v) is 4.33. The van der Waals surface area contributed by atoms with Crippen molar-refractivity contribution < 1.29 is 14.5 Å². The first kappa shape index (κ1) is 21.8. The fourth-order valence-electron chi connectivity index (χ4n) is 4.33. The molecule has 0 unspecified atom stereocenters. The largest absolute Gasteiger partial charge is 0.506 e. The summed E-state index contributed by atoms with van der Waals surface area (Å²) in [6, 6.07) is 6.09. The third kappa shape index (κ3) is 3.67. The number of nitrogens with zero attached hydrogens (tertiary/aromatic N) is 2. The molecule has 4 nitrogen and oxygen atoms in total. The van der Waals surface area contributed by atoms with Gasteiger partial charge >= 0.3 is 0 Å². The van der Waals surface area contributed by atoms with E-state index in [9.17, 15) is 9.90 Å². The fraction of sp³-hybridized carbons (Fsp3) is 0.385. The standard InChI is InChI=1S/C26H32N2O2/c1-7-27(8-2)19-11-13-21(17(5)15-19)23-25(29)24(26(23)30)22-14-12-20(16-18(22)6)28(9-3)10-4/h11-16H,7-10H2,1-6H3/p+1. The Kier molecular flexibility index (Phi) is 6.45. The molecule has 4 heteroatoms. The van der Waals surface area contributed by atoms with Crippen LogP contribution in [0.25, 0.3) is 5.57 Å². The number of allylic oxidation sites excluding steroid dienone is 7. The Bertz CT molecular complexity index is 1030. The van der Waals surface area contributed by atoms with Crippen LogP contribution >= 0.6 is 0 Å². The average molecular weight is 406 g/mol. The summed E-state index contributed by atoms with van der Waals surface area (Å²) in [6.45, 7) is 16.3. The Labute approximate surface area is 180 Å². The number of aliphatic hydroxyl groups is 1. The average Bonchev–Trinajstić information content (AvgIpc) is 2.73. The smallest absolute Gasteiger partial charge is 0.201 e. The van der Waals surface area contributed by atoms with E-state index in [1.54, 1.807) is 0 Å². The van der Waals surface area contributed by atoms with Crippen molar-refractivity contribution in [1.29, 1.82) is 0 Å². The monoisotopic (exact) mass is 405 g/mol. The molecule has 0 amide bonds. The molecule has 0 radical (unpaired) electrons. The molecule has 3 rings (SSSR count). The zero-order valence-corrected chi connectivity index (χ0v) is 19.0. The lowest BCUT2D eigenvalue weighted by Gasteiger charge is -2.27. The Morgan fingerprint density at radius 2 is 1.63 bits per heavy atom. The van der Waals surface area contributed by atoms with Gasteiger partial charge in [0.25, 0.3) is 0 Å². The lowest BCUT2D eigenvalue weighted by molar-refractivity contribution is -0.519. The third-order valence-electron chi connectivity index (χ3n) is 6.14. The summed E-state index contributed by atoms with van der Waals surface area (Å²) < 4.78 is 2.27. The van der Waals surface area contributed by atoms with Crippen molar-refractivity contribution in [3.8, 4) is 0 Å². The molecule has 2 aliphatic carbocycles. The maximum atomic E-state index is 13.1. The molecule has 0 fully saturated rings. The van der Waals surface area contributed by atoms with Crippen LogP contribution in [0.15, 0.2) is 58.9 Å². The predicted octanol–water partition coefficient (Wildman–Crippen LogP) is 5.00. The van der Waals surface area contributed by atoms with E-state index >= 15 is 0 Å². The maximum absolute atomic E-state index is 13.1. The minimum absolute atomic E-state index is 0.0788. The number of carbonyl (C=O) groups excluding carboxylic acids is 1. The number of aryl methyl sites for hydroxylation is 1. The van der Waals surface area contributed by atoms with Crippen molar-refractivity contribution in [2.24, 2.45) is 0 Å². The van der Waals surface area contributed by atoms with Crippen LogP contribution in [0.5, 0.6) is 0 Å². The van der Waals surface area contributed by atoms with E-state index in [2.05, 4.69) is 49.3 Å². The molecule has 0 saturated heterocycles. The molecule has 0 aromatic heterocycles. The summed E-state index contributed by atoms with van der Waals surface area (Å²) in [5.41, 5.74) is 6.77. The Hall–Kier alpha value is -2.88. The molecule has 0 spiro atoms. The molecule has 0 heterocycles. The molecule has 0 atom stereocenters. The molecule has 1 aromatic rings. The Balaban J connectivity index is 2.00. The minimum Gasteiger partial charge on any atom is -0.506 e. The second-order valence-electron chi connectivity index (χ2n) is 7.77. The molecular weight excluding hydrogens is 372 g/mol. The number of benzene rings is 1. The molecule has 0 saturated carbocycles. The van der Waals surface area contributed by atoms with Crippen LogP contribution in [0, 0.1) is 6.92 Å². The van der Waals surface area contributed by atoms with Gasteiger partial charge in [-0.2, -0.15) is 0 Å². The summed E-state index contributed by atoms with van der Waals surface area (Å²) in [4.78, 5) is 15.3. The van der Waals surface area contributed by atoms with Gasteiger partial charge in [0.1, 0.15) is 18.8 Å². The summed E-state index contributed by atoms with van der Waals surface area (Å²) in [5.74, 6) is 0.0299. The van der Waals surface area contributed by atoms with Crippen LogP contribution in [0.1, 0.15) is 45.7 Å². The normalized spacial score (nSPS) is 18.5. The van der Waals surface area contributed by atoms with Gasteiger partial charge in [0.2, 0.25) is 5.78 Å². The topological polar surface area (TPSA) is 43.5 Å². The summed E-state index contributed by atoms with van der Waals surface area (Å²) in [7, 11) is 0. The lowest BCUT2D eigenvalue weighted by atomic mass is 9.77. The SMILES string of the molecule is CCN(CC)c1ccc(C2=C(O)/C(=C3/C=CC(=[N+](CC)CC)C=C3C)C2=O)c(C)c1. The zero-order chi connectivity index (χ0) is 22.0. The number of carbonyl (C=O) groups is 1. The van der Waals surface area contributed by atoms with Crippen molar-refractivity contribution in [3.63, 3.8) is 0 Å². The summed E-state index contributed by atoms with van der Waals surface area (Å²) in [6.07, 6.45) is 6.09. The van der Waals surface area contributed by atoms with Crippen LogP contribution in [0.2, 0.25) is 0 Å².